The van der Waals surface area contributed by atoms with Gasteiger partial charge in [-0.2, -0.15) is 0 Å². The van der Waals surface area contributed by atoms with E-state index in [4.69, 9.17) is 9.05 Å². The summed E-state index contributed by atoms with van der Waals surface area (Å²) >= 11 is 0. The van der Waals surface area contributed by atoms with Crippen LogP contribution in [0.1, 0.15) is 232 Å². The molecule has 0 radical (unpaired) electrons. The van der Waals surface area contributed by atoms with Gasteiger partial charge in [0.15, 0.2) is 0 Å². The fraction of sp³-hybridized carbons (Fsp3) is 0.830. The summed E-state index contributed by atoms with van der Waals surface area (Å²) in [5.41, 5.74) is 0. The van der Waals surface area contributed by atoms with Crippen molar-refractivity contribution in [2.75, 3.05) is 40.9 Å². The number of hydrogen-bond donors (Lipinski definition) is 3. The molecule has 0 spiro atoms. The molecule has 0 aliphatic rings. The SMILES string of the molecule is CCCCCCC/C=C\C/C=C\C/C=C\CCCCCCCCCCC(=O)NC(COP(=O)(O)OCC[N+](C)(C)C)C(O)/C=C/CCCCCCCCCCCCCCCCC. The van der Waals surface area contributed by atoms with Crippen molar-refractivity contribution in [1.29, 1.82) is 0 Å². The van der Waals surface area contributed by atoms with Gasteiger partial charge in [-0.25, -0.2) is 4.57 Å². The van der Waals surface area contributed by atoms with E-state index in [0.29, 0.717) is 17.4 Å². The average molecular weight is 894 g/mol. The summed E-state index contributed by atoms with van der Waals surface area (Å²) in [5, 5.41) is 13.9. The Morgan fingerprint density at radius 2 is 0.919 bits per heavy atom. The van der Waals surface area contributed by atoms with Crippen LogP contribution in [0.4, 0.5) is 0 Å². The highest BCUT2D eigenvalue weighted by Gasteiger charge is 2.27. The van der Waals surface area contributed by atoms with Gasteiger partial charge in [-0.15, -0.1) is 0 Å². The van der Waals surface area contributed by atoms with E-state index in [1.807, 2.05) is 27.2 Å². The van der Waals surface area contributed by atoms with Crippen LogP contribution < -0.4 is 5.32 Å². The molecule has 3 unspecified atom stereocenters. The van der Waals surface area contributed by atoms with Crippen molar-refractivity contribution in [2.45, 2.75) is 244 Å². The van der Waals surface area contributed by atoms with E-state index in [2.05, 4.69) is 55.6 Å². The second kappa shape index (κ2) is 44.7. The Balaban J connectivity index is 4.32. The van der Waals surface area contributed by atoms with E-state index in [-0.39, 0.29) is 19.1 Å². The number of carbonyl (C=O) groups is 1. The smallest absolute Gasteiger partial charge is 0.387 e. The molecule has 8 nitrogen and oxygen atoms in total. The standard InChI is InChI=1S/C53H101N2O6P/c1-6-8-10-12-14-16-18-20-22-24-25-26-27-28-29-31-33-35-37-39-41-43-45-47-53(57)54-51(50-61-62(58,59)60-49-48-55(3,4)5)52(56)46-44-42-40-38-36-34-32-30-23-21-19-17-15-13-11-9-7-2/h18,20,24-25,27-28,44,46,51-52,56H,6-17,19,21-23,26,29-43,45,47-50H2,1-5H3,(H-,54,57,58,59)/p+1/b20-18-,25-24-,28-27-,46-44+. The number of aliphatic hydroxyl groups excluding tert-OH is 1. The quantitative estimate of drug-likeness (QED) is 0.0243. The first-order chi connectivity index (χ1) is 30.0. The molecule has 0 aromatic carbocycles. The van der Waals surface area contributed by atoms with Crippen LogP contribution in [-0.2, 0) is 18.4 Å². The number of carbonyl (C=O) groups excluding carboxylic acids is 1. The molecule has 0 aromatic heterocycles. The fourth-order valence-electron chi connectivity index (χ4n) is 7.40. The zero-order valence-electron chi connectivity index (χ0n) is 41.4. The molecule has 0 heterocycles. The zero-order valence-corrected chi connectivity index (χ0v) is 42.3. The Labute approximate surface area is 384 Å². The van der Waals surface area contributed by atoms with Crippen molar-refractivity contribution in [2.24, 2.45) is 0 Å². The average Bonchev–Trinajstić information content (AvgIpc) is 3.23. The molecular formula is C53H102N2O6P+. The summed E-state index contributed by atoms with van der Waals surface area (Å²) in [6.45, 7) is 4.81. The fourth-order valence-corrected chi connectivity index (χ4v) is 8.14. The molecule has 9 heteroatoms. The molecule has 62 heavy (non-hydrogen) atoms. The number of phosphoric acid groups is 1. The Bertz CT molecular complexity index is 1150. The summed E-state index contributed by atoms with van der Waals surface area (Å²) in [4.78, 5) is 23.2. The Hall–Kier alpha value is -1.54. The van der Waals surface area contributed by atoms with Gasteiger partial charge in [0, 0.05) is 6.42 Å². The molecule has 0 aliphatic carbocycles. The Morgan fingerprint density at radius 1 is 0.548 bits per heavy atom. The van der Waals surface area contributed by atoms with E-state index in [0.717, 1.165) is 57.8 Å². The number of aliphatic hydroxyl groups is 1. The van der Waals surface area contributed by atoms with Gasteiger partial charge in [0.05, 0.1) is 39.9 Å². The number of hydrogen-bond acceptors (Lipinski definition) is 5. The van der Waals surface area contributed by atoms with Gasteiger partial charge in [-0.05, 0) is 57.8 Å². The minimum Gasteiger partial charge on any atom is -0.387 e. The normalized spacial score (nSPS) is 14.5. The van der Waals surface area contributed by atoms with Crippen LogP contribution in [0.3, 0.4) is 0 Å². The predicted octanol–water partition coefficient (Wildman–Crippen LogP) is 15.2. The van der Waals surface area contributed by atoms with Crippen LogP contribution in [0, 0.1) is 0 Å². The second-order valence-electron chi connectivity index (χ2n) is 18.9. The highest BCUT2D eigenvalue weighted by atomic mass is 31.2. The second-order valence-corrected chi connectivity index (χ2v) is 20.4. The number of rotatable bonds is 47. The predicted molar refractivity (Wildman–Crippen MR) is 267 cm³/mol. The highest BCUT2D eigenvalue weighted by Crippen LogP contribution is 2.43. The molecule has 0 aliphatic heterocycles. The maximum atomic E-state index is 12.9. The van der Waals surface area contributed by atoms with Crippen molar-refractivity contribution in [3.8, 4) is 0 Å². The van der Waals surface area contributed by atoms with E-state index in [1.54, 1.807) is 6.08 Å². The van der Waals surface area contributed by atoms with Gasteiger partial charge < -0.3 is 19.8 Å². The molecule has 0 saturated heterocycles. The topological polar surface area (TPSA) is 105 Å². The van der Waals surface area contributed by atoms with Gasteiger partial charge in [-0.3, -0.25) is 13.8 Å². The molecule has 0 rings (SSSR count). The van der Waals surface area contributed by atoms with Crippen LogP contribution in [0.25, 0.3) is 0 Å². The molecular weight excluding hydrogens is 792 g/mol. The van der Waals surface area contributed by atoms with Crippen LogP contribution in [0.5, 0.6) is 0 Å². The minimum atomic E-state index is -4.35. The van der Waals surface area contributed by atoms with E-state index in [1.165, 1.54) is 154 Å². The molecule has 364 valence electrons. The Kier molecular flexibility index (Phi) is 43.5. The number of nitrogens with one attached hydrogen (secondary N) is 1. The minimum absolute atomic E-state index is 0.0589. The van der Waals surface area contributed by atoms with E-state index in [9.17, 15) is 19.4 Å². The maximum Gasteiger partial charge on any atom is 0.472 e. The molecule has 0 bridgehead atoms. The summed E-state index contributed by atoms with van der Waals surface area (Å²) in [7, 11) is 1.57. The largest absolute Gasteiger partial charge is 0.472 e. The Morgan fingerprint density at radius 3 is 1.34 bits per heavy atom. The van der Waals surface area contributed by atoms with Gasteiger partial charge >= 0.3 is 7.82 Å². The van der Waals surface area contributed by atoms with Gasteiger partial charge in [-0.1, -0.05) is 217 Å². The summed E-state index contributed by atoms with van der Waals surface area (Å²) in [6, 6.07) is -0.851. The number of amides is 1. The van der Waals surface area contributed by atoms with Gasteiger partial charge in [0.2, 0.25) is 5.91 Å². The van der Waals surface area contributed by atoms with Gasteiger partial charge in [0.1, 0.15) is 13.2 Å². The number of phosphoric ester groups is 1. The van der Waals surface area contributed by atoms with Crippen LogP contribution in [0.15, 0.2) is 48.6 Å². The van der Waals surface area contributed by atoms with Crippen LogP contribution in [0.2, 0.25) is 0 Å². The summed E-state index contributed by atoms with van der Waals surface area (Å²) in [6.07, 6.45) is 57.5. The third kappa shape index (κ3) is 46.5. The third-order valence-electron chi connectivity index (χ3n) is 11.5. The van der Waals surface area contributed by atoms with Crippen molar-refractivity contribution in [3.63, 3.8) is 0 Å². The number of quaternary nitrogens is 1. The lowest BCUT2D eigenvalue weighted by Gasteiger charge is -2.25. The number of unbranched alkanes of at least 4 members (excludes halogenated alkanes) is 28. The van der Waals surface area contributed by atoms with Crippen molar-refractivity contribution in [3.05, 3.63) is 48.6 Å². The monoisotopic (exact) mass is 894 g/mol. The lowest BCUT2D eigenvalue weighted by Crippen LogP contribution is -2.45. The number of likely N-dealkylation sites (N-methyl/N-ethyl adjacent to an activating group) is 1. The zero-order chi connectivity index (χ0) is 45.7. The van der Waals surface area contributed by atoms with Crippen molar-refractivity contribution < 1.29 is 32.9 Å². The first-order valence-corrected chi connectivity index (χ1v) is 27.5. The third-order valence-corrected chi connectivity index (χ3v) is 12.5. The first-order valence-electron chi connectivity index (χ1n) is 26.0. The lowest BCUT2D eigenvalue weighted by molar-refractivity contribution is -0.870. The summed E-state index contributed by atoms with van der Waals surface area (Å²) in [5.74, 6) is -0.184. The van der Waals surface area contributed by atoms with Crippen molar-refractivity contribution in [1.82, 2.24) is 5.32 Å². The number of nitrogens with zero attached hydrogens (tertiary/aromatic N) is 1. The van der Waals surface area contributed by atoms with Gasteiger partial charge in [0.25, 0.3) is 0 Å². The molecule has 0 fully saturated rings. The van der Waals surface area contributed by atoms with E-state index >= 15 is 0 Å². The lowest BCUT2D eigenvalue weighted by atomic mass is 10.0. The maximum absolute atomic E-state index is 12.9. The van der Waals surface area contributed by atoms with Crippen molar-refractivity contribution >= 4 is 13.7 Å². The van der Waals surface area contributed by atoms with Crippen LogP contribution in [-0.4, -0.2) is 73.4 Å². The van der Waals surface area contributed by atoms with E-state index < -0.39 is 20.0 Å². The molecule has 0 aromatic rings. The summed E-state index contributed by atoms with van der Waals surface area (Å²) < 4.78 is 23.6. The highest BCUT2D eigenvalue weighted by molar-refractivity contribution is 7.47. The molecule has 3 N–H and O–H groups in total. The molecule has 1 amide bonds. The first kappa shape index (κ1) is 60.5. The number of allylic oxidation sites excluding steroid dienone is 7. The molecule has 0 saturated carbocycles. The van der Waals surface area contributed by atoms with Crippen LogP contribution >= 0.6 is 7.82 Å². The molecule has 3 atom stereocenters.